The molecule has 0 aromatic carbocycles. The van der Waals surface area contributed by atoms with Crippen LogP contribution in [0.4, 0.5) is 0 Å². The molecule has 0 unspecified atom stereocenters. The molecule has 1 aromatic rings. The minimum Gasteiger partial charge on any atom is -0.452 e. The smallest absolute Gasteiger partial charge is 0.258 e. The molecule has 0 saturated heterocycles. The van der Waals surface area contributed by atoms with Gasteiger partial charge >= 0.3 is 0 Å². The Morgan fingerprint density at radius 2 is 2.47 bits per heavy atom. The van der Waals surface area contributed by atoms with E-state index in [-0.39, 0.29) is 29.1 Å². The number of amidine groups is 1. The van der Waals surface area contributed by atoms with Crippen LogP contribution in [0.2, 0.25) is 5.22 Å². The molecule has 1 heterocycles. The average Bonchev–Trinajstić information content (AvgIpc) is 2.63. The summed E-state index contributed by atoms with van der Waals surface area (Å²) in [5.41, 5.74) is 5.49. The normalized spacial score (nSPS) is 11.5. The highest BCUT2D eigenvalue weighted by Crippen LogP contribution is 2.17. The van der Waals surface area contributed by atoms with Crippen LogP contribution in [0, 0.1) is 0 Å². The van der Waals surface area contributed by atoms with Gasteiger partial charge in [-0.2, -0.15) is 0 Å². The zero-order valence-corrected chi connectivity index (χ0v) is 8.73. The maximum Gasteiger partial charge on any atom is 0.258 e. The van der Waals surface area contributed by atoms with Gasteiger partial charge in [-0.25, -0.2) is 0 Å². The molecule has 3 N–H and O–H groups in total. The Labute approximate surface area is 90.9 Å². The summed E-state index contributed by atoms with van der Waals surface area (Å²) < 4.78 is 4.77. The van der Waals surface area contributed by atoms with Crippen LogP contribution in [0.1, 0.15) is 10.4 Å². The monoisotopic (exact) mass is 231 g/mol. The van der Waals surface area contributed by atoms with E-state index in [4.69, 9.17) is 27.0 Å². The molecule has 6 nitrogen and oxygen atoms in total. The predicted octanol–water partition coefficient (Wildman–Crippen LogP) is 0.751. The molecule has 0 spiro atoms. The lowest BCUT2D eigenvalue weighted by atomic mass is 10.3. The molecule has 0 bridgehead atoms. The number of likely N-dealkylation sites (N-methyl/N-ethyl adjacent to an activating group) is 1. The number of carbonyl (C=O) groups excluding carboxylic acids is 1. The molecule has 1 aromatic heterocycles. The van der Waals surface area contributed by atoms with Crippen molar-refractivity contribution in [3.63, 3.8) is 0 Å². The van der Waals surface area contributed by atoms with Crippen molar-refractivity contribution in [1.29, 1.82) is 0 Å². The van der Waals surface area contributed by atoms with Gasteiger partial charge in [0.1, 0.15) is 0 Å². The number of carbonyl (C=O) groups is 1. The number of furan rings is 1. The van der Waals surface area contributed by atoms with Crippen LogP contribution >= 0.6 is 11.6 Å². The van der Waals surface area contributed by atoms with E-state index in [0.717, 1.165) is 0 Å². The van der Waals surface area contributed by atoms with Crippen LogP contribution in [0.25, 0.3) is 0 Å². The van der Waals surface area contributed by atoms with Gasteiger partial charge in [-0.15, -0.1) is 0 Å². The van der Waals surface area contributed by atoms with Gasteiger partial charge in [-0.05, 0) is 17.7 Å². The number of nitrogens with two attached hydrogens (primary N) is 1. The van der Waals surface area contributed by atoms with Gasteiger partial charge in [0.2, 0.25) is 5.22 Å². The fraction of sp³-hybridized carbons (Fsp3) is 0.250. The van der Waals surface area contributed by atoms with Crippen molar-refractivity contribution in [1.82, 2.24) is 4.90 Å². The number of hydrogen-bond acceptors (Lipinski definition) is 4. The third kappa shape index (κ3) is 2.63. The van der Waals surface area contributed by atoms with Crippen molar-refractivity contribution in [2.75, 3.05) is 13.6 Å². The van der Waals surface area contributed by atoms with Crippen LogP contribution in [-0.2, 0) is 0 Å². The summed E-state index contributed by atoms with van der Waals surface area (Å²) in [7, 11) is 1.50. The van der Waals surface area contributed by atoms with Crippen molar-refractivity contribution in [2.45, 2.75) is 0 Å². The van der Waals surface area contributed by atoms with Crippen molar-refractivity contribution in [3.8, 4) is 0 Å². The number of rotatable bonds is 3. The van der Waals surface area contributed by atoms with Crippen molar-refractivity contribution in [3.05, 3.63) is 23.1 Å². The number of oxime groups is 1. The first-order valence-corrected chi connectivity index (χ1v) is 4.39. The molecule has 0 saturated carbocycles. The quantitative estimate of drug-likeness (QED) is 0.348. The summed E-state index contributed by atoms with van der Waals surface area (Å²) in [6.07, 6.45) is 1.31. The lowest BCUT2D eigenvalue weighted by Crippen LogP contribution is -2.35. The Morgan fingerprint density at radius 1 is 1.80 bits per heavy atom. The third-order valence-corrected chi connectivity index (χ3v) is 2.02. The second-order valence-electron chi connectivity index (χ2n) is 2.86. The summed E-state index contributed by atoms with van der Waals surface area (Å²) in [5, 5.41) is 11.1. The number of amides is 1. The van der Waals surface area contributed by atoms with Gasteiger partial charge in [0.05, 0.1) is 18.4 Å². The van der Waals surface area contributed by atoms with Gasteiger partial charge in [0, 0.05) is 7.05 Å². The minimum atomic E-state index is -0.361. The summed E-state index contributed by atoms with van der Waals surface area (Å²) in [6.45, 7) is 0.0108. The van der Waals surface area contributed by atoms with Crippen molar-refractivity contribution < 1.29 is 14.4 Å². The standard InChI is InChI=1S/C8H10ClN3O3/c1-12(4-6(10)11-14)8(13)5-2-3-15-7(5)9/h2-3,14H,4H2,1H3,(H2,10,11). The zero-order chi connectivity index (χ0) is 11.4. The lowest BCUT2D eigenvalue weighted by Gasteiger charge is -2.14. The second kappa shape index (κ2) is 4.70. The topological polar surface area (TPSA) is 92.1 Å². The zero-order valence-electron chi connectivity index (χ0n) is 7.98. The van der Waals surface area contributed by atoms with Crippen LogP contribution < -0.4 is 5.73 Å². The Morgan fingerprint density at radius 3 is 2.93 bits per heavy atom. The van der Waals surface area contributed by atoms with E-state index in [9.17, 15) is 4.79 Å². The fourth-order valence-corrected chi connectivity index (χ4v) is 1.19. The highest BCUT2D eigenvalue weighted by molar-refractivity contribution is 6.32. The van der Waals surface area contributed by atoms with E-state index >= 15 is 0 Å². The molecule has 1 rings (SSSR count). The first-order chi connectivity index (χ1) is 7.06. The van der Waals surface area contributed by atoms with Gasteiger partial charge in [0.15, 0.2) is 5.84 Å². The molecule has 15 heavy (non-hydrogen) atoms. The van der Waals surface area contributed by atoms with Crippen LogP contribution in [0.5, 0.6) is 0 Å². The summed E-state index contributed by atoms with van der Waals surface area (Å²) >= 11 is 5.62. The van der Waals surface area contributed by atoms with E-state index in [1.807, 2.05) is 0 Å². The Kier molecular flexibility index (Phi) is 3.56. The van der Waals surface area contributed by atoms with E-state index < -0.39 is 0 Å². The van der Waals surface area contributed by atoms with Crippen molar-refractivity contribution >= 4 is 23.3 Å². The largest absolute Gasteiger partial charge is 0.452 e. The number of halogens is 1. The molecule has 1 amide bonds. The van der Waals surface area contributed by atoms with E-state index in [1.54, 1.807) is 0 Å². The Hall–Kier alpha value is -1.69. The van der Waals surface area contributed by atoms with Gasteiger partial charge in [-0.3, -0.25) is 4.79 Å². The summed E-state index contributed by atoms with van der Waals surface area (Å²) in [6, 6.07) is 1.45. The molecule has 0 aliphatic heterocycles. The molecule has 0 aliphatic carbocycles. The van der Waals surface area contributed by atoms with Crippen LogP contribution in [0.3, 0.4) is 0 Å². The molecular formula is C8H10ClN3O3. The summed E-state index contributed by atoms with van der Waals surface area (Å²) in [5.74, 6) is -0.425. The van der Waals surface area contributed by atoms with Gasteiger partial charge in [-0.1, -0.05) is 5.16 Å². The molecule has 0 radical (unpaired) electrons. The van der Waals surface area contributed by atoms with Gasteiger partial charge < -0.3 is 20.3 Å². The third-order valence-electron chi connectivity index (χ3n) is 1.72. The van der Waals surface area contributed by atoms with Crippen LogP contribution in [-0.4, -0.2) is 35.4 Å². The van der Waals surface area contributed by atoms with E-state index in [0.29, 0.717) is 0 Å². The number of nitrogens with zero attached hydrogens (tertiary/aromatic N) is 2. The second-order valence-corrected chi connectivity index (χ2v) is 3.20. The molecule has 0 atom stereocenters. The molecular weight excluding hydrogens is 222 g/mol. The van der Waals surface area contributed by atoms with Gasteiger partial charge in [0.25, 0.3) is 5.91 Å². The Balaban J connectivity index is 2.74. The minimum absolute atomic E-state index is 0.0108. The average molecular weight is 232 g/mol. The molecule has 82 valence electrons. The first kappa shape index (κ1) is 11.4. The highest BCUT2D eigenvalue weighted by atomic mass is 35.5. The lowest BCUT2D eigenvalue weighted by molar-refractivity contribution is 0.0813. The molecule has 0 aliphatic rings. The SMILES string of the molecule is CN(C/C(N)=N/O)C(=O)c1ccoc1Cl. The maximum absolute atomic E-state index is 11.7. The molecule has 7 heteroatoms. The highest BCUT2D eigenvalue weighted by Gasteiger charge is 2.17. The predicted molar refractivity (Wildman–Crippen MR) is 54.1 cm³/mol. The summed E-state index contributed by atoms with van der Waals surface area (Å²) in [4.78, 5) is 12.9. The Bertz CT molecular complexity index is 388. The van der Waals surface area contributed by atoms with E-state index in [2.05, 4.69) is 5.16 Å². The fourth-order valence-electron chi connectivity index (χ4n) is 0.998. The molecule has 0 fully saturated rings. The first-order valence-electron chi connectivity index (χ1n) is 4.01. The number of hydrogen-bond donors (Lipinski definition) is 2. The van der Waals surface area contributed by atoms with Crippen LogP contribution in [0.15, 0.2) is 21.9 Å². The van der Waals surface area contributed by atoms with E-state index in [1.165, 1.54) is 24.3 Å². The van der Waals surface area contributed by atoms with Crippen molar-refractivity contribution in [2.24, 2.45) is 10.9 Å². The maximum atomic E-state index is 11.7.